The van der Waals surface area contributed by atoms with Crippen LogP contribution in [0.4, 0.5) is 0 Å². The van der Waals surface area contributed by atoms with Crippen molar-refractivity contribution in [2.75, 3.05) is 6.26 Å². The van der Waals surface area contributed by atoms with E-state index in [-0.39, 0.29) is 16.9 Å². The van der Waals surface area contributed by atoms with Crippen LogP contribution in [0.2, 0.25) is 0 Å². The molecule has 0 spiro atoms. The van der Waals surface area contributed by atoms with E-state index in [4.69, 9.17) is 4.74 Å². The standard InChI is InChI=1S/C23H22N4O4S/c1-16(17-8-7-10-19(14-17)31-15-18-9-3-5-12-24-18)25-22(28)21-20-11-4-6-13-27(20)23(26-21)32(2,29)30/h3-14,16H,15H2,1-2H3,(H,25,28). The van der Waals surface area contributed by atoms with Crippen molar-refractivity contribution in [3.8, 4) is 5.75 Å². The first kappa shape index (κ1) is 21.5. The van der Waals surface area contributed by atoms with Gasteiger partial charge < -0.3 is 10.1 Å². The van der Waals surface area contributed by atoms with Gasteiger partial charge in [0, 0.05) is 18.6 Å². The highest BCUT2D eigenvalue weighted by molar-refractivity contribution is 7.90. The summed E-state index contributed by atoms with van der Waals surface area (Å²) in [5.41, 5.74) is 2.13. The molecule has 9 heteroatoms. The quantitative estimate of drug-likeness (QED) is 0.464. The maximum Gasteiger partial charge on any atom is 0.272 e. The van der Waals surface area contributed by atoms with Crippen LogP contribution in [0.5, 0.6) is 5.75 Å². The van der Waals surface area contributed by atoms with E-state index in [9.17, 15) is 13.2 Å². The SMILES string of the molecule is CC(NC(=O)c1nc(S(C)(=O)=O)n2ccccc12)c1cccc(OCc2ccccn2)c1. The minimum absolute atomic E-state index is 0.0560. The molecule has 3 heterocycles. The molecule has 1 unspecified atom stereocenters. The van der Waals surface area contributed by atoms with Gasteiger partial charge in [-0.1, -0.05) is 24.3 Å². The van der Waals surface area contributed by atoms with Crippen molar-refractivity contribution in [2.24, 2.45) is 0 Å². The lowest BCUT2D eigenvalue weighted by Crippen LogP contribution is -2.27. The van der Waals surface area contributed by atoms with E-state index in [0.717, 1.165) is 17.5 Å². The van der Waals surface area contributed by atoms with Gasteiger partial charge in [0.2, 0.25) is 15.0 Å². The van der Waals surface area contributed by atoms with Crippen LogP contribution < -0.4 is 10.1 Å². The van der Waals surface area contributed by atoms with Crippen molar-refractivity contribution in [3.05, 3.63) is 90.0 Å². The van der Waals surface area contributed by atoms with Gasteiger partial charge in [-0.3, -0.25) is 14.2 Å². The zero-order valence-electron chi connectivity index (χ0n) is 17.6. The van der Waals surface area contributed by atoms with Crippen LogP contribution in [0.3, 0.4) is 0 Å². The molecule has 164 valence electrons. The van der Waals surface area contributed by atoms with Gasteiger partial charge in [-0.25, -0.2) is 13.4 Å². The first-order valence-electron chi connectivity index (χ1n) is 9.93. The highest BCUT2D eigenvalue weighted by Crippen LogP contribution is 2.22. The normalized spacial score (nSPS) is 12.4. The second kappa shape index (κ2) is 8.80. The van der Waals surface area contributed by atoms with Crippen molar-refractivity contribution in [1.29, 1.82) is 0 Å². The average Bonchev–Trinajstić information content (AvgIpc) is 3.19. The molecule has 0 saturated carbocycles. The Morgan fingerprint density at radius 3 is 2.69 bits per heavy atom. The molecule has 0 radical (unpaired) electrons. The maximum atomic E-state index is 13.0. The minimum Gasteiger partial charge on any atom is -0.487 e. The number of ether oxygens (including phenoxy) is 1. The third-order valence-corrected chi connectivity index (χ3v) is 5.83. The molecule has 0 saturated heterocycles. The number of sulfone groups is 1. The highest BCUT2D eigenvalue weighted by atomic mass is 32.2. The lowest BCUT2D eigenvalue weighted by Gasteiger charge is -2.15. The van der Waals surface area contributed by atoms with Crippen molar-refractivity contribution in [3.63, 3.8) is 0 Å². The molecule has 0 bridgehead atoms. The summed E-state index contributed by atoms with van der Waals surface area (Å²) in [5.74, 6) is 0.192. The number of rotatable bonds is 7. The molecule has 8 nitrogen and oxygen atoms in total. The van der Waals surface area contributed by atoms with E-state index in [0.29, 0.717) is 17.9 Å². The summed E-state index contributed by atoms with van der Waals surface area (Å²) in [6.07, 6.45) is 4.35. The molecule has 4 rings (SSSR count). The fourth-order valence-electron chi connectivity index (χ4n) is 3.30. The molecule has 1 aromatic carbocycles. The Kier molecular flexibility index (Phi) is 5.91. The monoisotopic (exact) mass is 450 g/mol. The van der Waals surface area contributed by atoms with Crippen molar-refractivity contribution < 1.29 is 17.9 Å². The Labute approximate surface area is 185 Å². The summed E-state index contributed by atoms with van der Waals surface area (Å²) in [5, 5.41) is 2.72. The third kappa shape index (κ3) is 4.62. The second-order valence-electron chi connectivity index (χ2n) is 7.35. The van der Waals surface area contributed by atoms with E-state index in [1.54, 1.807) is 30.6 Å². The number of carbonyl (C=O) groups is 1. The molecule has 0 aliphatic carbocycles. The van der Waals surface area contributed by atoms with Crippen molar-refractivity contribution >= 4 is 21.3 Å². The number of nitrogens with zero attached hydrogens (tertiary/aromatic N) is 3. The van der Waals surface area contributed by atoms with Crippen LogP contribution in [0.15, 0.2) is 78.2 Å². The first-order valence-corrected chi connectivity index (χ1v) is 11.8. The lowest BCUT2D eigenvalue weighted by molar-refractivity contribution is 0.0936. The summed E-state index contributed by atoms with van der Waals surface area (Å²) in [6.45, 7) is 2.17. The van der Waals surface area contributed by atoms with Crippen molar-refractivity contribution in [1.82, 2.24) is 19.7 Å². The molecule has 3 aromatic heterocycles. The first-order chi connectivity index (χ1) is 15.3. The Balaban J connectivity index is 1.52. The predicted molar refractivity (Wildman–Crippen MR) is 119 cm³/mol. The summed E-state index contributed by atoms with van der Waals surface area (Å²) < 4.78 is 31.4. The van der Waals surface area contributed by atoms with Gasteiger partial charge in [-0.15, -0.1) is 0 Å². The number of hydrogen-bond donors (Lipinski definition) is 1. The van der Waals surface area contributed by atoms with E-state index in [2.05, 4.69) is 15.3 Å². The van der Waals surface area contributed by atoms with Crippen LogP contribution in [0, 0.1) is 0 Å². The van der Waals surface area contributed by atoms with Gasteiger partial charge in [-0.05, 0) is 48.9 Å². The van der Waals surface area contributed by atoms with Gasteiger partial charge in [0.15, 0.2) is 5.69 Å². The summed E-state index contributed by atoms with van der Waals surface area (Å²) in [4.78, 5) is 21.3. The van der Waals surface area contributed by atoms with E-state index in [1.165, 1.54) is 4.40 Å². The highest BCUT2D eigenvalue weighted by Gasteiger charge is 2.23. The number of amides is 1. The number of nitrogens with one attached hydrogen (secondary N) is 1. The molecule has 0 fully saturated rings. The van der Waals surface area contributed by atoms with Crippen LogP contribution in [0.1, 0.15) is 34.7 Å². The fourth-order valence-corrected chi connectivity index (χ4v) is 4.07. The van der Waals surface area contributed by atoms with Gasteiger partial charge in [0.25, 0.3) is 5.91 Å². The molecule has 32 heavy (non-hydrogen) atoms. The Hall–Kier alpha value is -3.72. The summed E-state index contributed by atoms with van der Waals surface area (Å²) in [6, 6.07) is 17.7. The molecular weight excluding hydrogens is 428 g/mol. The zero-order chi connectivity index (χ0) is 22.7. The lowest BCUT2D eigenvalue weighted by atomic mass is 10.1. The Bertz CT molecular complexity index is 1370. The average molecular weight is 451 g/mol. The zero-order valence-corrected chi connectivity index (χ0v) is 18.4. The smallest absolute Gasteiger partial charge is 0.272 e. The topological polar surface area (TPSA) is 103 Å². The number of pyridine rings is 2. The van der Waals surface area contributed by atoms with Crippen LogP contribution >= 0.6 is 0 Å². The molecule has 1 amide bonds. The van der Waals surface area contributed by atoms with Crippen LogP contribution in [0.25, 0.3) is 5.52 Å². The minimum atomic E-state index is -3.61. The Morgan fingerprint density at radius 2 is 1.94 bits per heavy atom. The largest absolute Gasteiger partial charge is 0.487 e. The molecule has 0 aliphatic rings. The van der Waals surface area contributed by atoms with E-state index in [1.807, 2.05) is 49.4 Å². The number of benzene rings is 1. The van der Waals surface area contributed by atoms with Gasteiger partial charge >= 0.3 is 0 Å². The molecule has 0 aliphatic heterocycles. The summed E-state index contributed by atoms with van der Waals surface area (Å²) in [7, 11) is -3.61. The molecule has 1 N–H and O–H groups in total. The van der Waals surface area contributed by atoms with Crippen molar-refractivity contribution in [2.45, 2.75) is 24.7 Å². The maximum absolute atomic E-state index is 13.0. The second-order valence-corrected chi connectivity index (χ2v) is 9.26. The molecule has 4 aromatic rings. The van der Waals surface area contributed by atoms with Crippen LogP contribution in [-0.4, -0.2) is 34.9 Å². The summed E-state index contributed by atoms with van der Waals surface area (Å²) >= 11 is 0. The van der Waals surface area contributed by atoms with Crippen LogP contribution in [-0.2, 0) is 16.4 Å². The van der Waals surface area contributed by atoms with Gasteiger partial charge in [0.05, 0.1) is 17.3 Å². The predicted octanol–water partition coefficient (Wildman–Crippen LogP) is 3.20. The number of fused-ring (bicyclic) bond motifs is 1. The number of hydrogen-bond acceptors (Lipinski definition) is 6. The third-order valence-electron chi connectivity index (χ3n) is 4.88. The number of aromatic nitrogens is 3. The van der Waals surface area contributed by atoms with E-state index < -0.39 is 15.7 Å². The van der Waals surface area contributed by atoms with Gasteiger partial charge in [0.1, 0.15) is 12.4 Å². The molecular formula is C23H22N4O4S. The fraction of sp³-hybridized carbons (Fsp3) is 0.174. The van der Waals surface area contributed by atoms with E-state index >= 15 is 0 Å². The number of imidazole rings is 1. The van der Waals surface area contributed by atoms with Gasteiger partial charge in [-0.2, -0.15) is 0 Å². The molecule has 1 atom stereocenters. The number of carbonyl (C=O) groups excluding carboxylic acids is 1. The Morgan fingerprint density at radius 1 is 1.12 bits per heavy atom.